The molecule has 0 bridgehead atoms. The SMILES string of the molecule is CC(CCO)CCCCN. The van der Waals surface area contributed by atoms with Crippen LogP contribution in [0.2, 0.25) is 0 Å². The first-order valence-electron chi connectivity index (χ1n) is 4.12. The average molecular weight is 145 g/mol. The van der Waals surface area contributed by atoms with Gasteiger partial charge >= 0.3 is 0 Å². The summed E-state index contributed by atoms with van der Waals surface area (Å²) in [7, 11) is 0. The molecule has 0 saturated carbocycles. The number of nitrogens with two attached hydrogens (primary N) is 1. The summed E-state index contributed by atoms with van der Waals surface area (Å²) in [5, 5.41) is 8.57. The van der Waals surface area contributed by atoms with E-state index < -0.39 is 0 Å². The highest BCUT2D eigenvalue weighted by molar-refractivity contribution is 4.52. The Bertz CT molecular complexity index is 66.3. The maximum Gasteiger partial charge on any atom is 0.0433 e. The van der Waals surface area contributed by atoms with Crippen LogP contribution in [0.1, 0.15) is 32.6 Å². The molecule has 62 valence electrons. The summed E-state index contributed by atoms with van der Waals surface area (Å²) in [6.07, 6.45) is 4.47. The number of aliphatic hydroxyl groups is 1. The molecule has 0 heterocycles. The molecule has 0 aromatic rings. The van der Waals surface area contributed by atoms with E-state index in [9.17, 15) is 0 Å². The first kappa shape index (κ1) is 9.92. The molecule has 0 aliphatic rings. The van der Waals surface area contributed by atoms with Gasteiger partial charge in [0, 0.05) is 6.61 Å². The Balaban J connectivity index is 2.97. The molecule has 2 nitrogen and oxygen atoms in total. The van der Waals surface area contributed by atoms with Gasteiger partial charge in [0.1, 0.15) is 0 Å². The minimum Gasteiger partial charge on any atom is -0.396 e. The Morgan fingerprint density at radius 1 is 1.30 bits per heavy atom. The van der Waals surface area contributed by atoms with Crippen molar-refractivity contribution in [1.29, 1.82) is 0 Å². The van der Waals surface area contributed by atoms with E-state index in [1.54, 1.807) is 0 Å². The molecular formula is C8H19NO. The smallest absolute Gasteiger partial charge is 0.0433 e. The van der Waals surface area contributed by atoms with Crippen LogP contribution in [0.15, 0.2) is 0 Å². The Kier molecular flexibility index (Phi) is 6.98. The molecule has 0 fully saturated rings. The van der Waals surface area contributed by atoms with Gasteiger partial charge in [-0.15, -0.1) is 0 Å². The van der Waals surface area contributed by atoms with Gasteiger partial charge in [0.05, 0.1) is 0 Å². The van der Waals surface area contributed by atoms with Crippen LogP contribution in [0.3, 0.4) is 0 Å². The van der Waals surface area contributed by atoms with E-state index in [0.717, 1.165) is 19.4 Å². The normalized spacial score (nSPS) is 13.5. The van der Waals surface area contributed by atoms with Gasteiger partial charge in [-0.05, 0) is 25.3 Å². The van der Waals surface area contributed by atoms with Gasteiger partial charge in [-0.1, -0.05) is 19.8 Å². The molecule has 0 aliphatic carbocycles. The van der Waals surface area contributed by atoms with Gasteiger partial charge in [0.2, 0.25) is 0 Å². The second kappa shape index (κ2) is 7.03. The highest BCUT2D eigenvalue weighted by Gasteiger charge is 1.99. The molecule has 1 unspecified atom stereocenters. The fraction of sp³-hybridized carbons (Fsp3) is 1.00. The topological polar surface area (TPSA) is 46.2 Å². The fourth-order valence-electron chi connectivity index (χ4n) is 1.00. The largest absolute Gasteiger partial charge is 0.396 e. The zero-order chi connectivity index (χ0) is 7.82. The van der Waals surface area contributed by atoms with Crippen molar-refractivity contribution in [2.75, 3.05) is 13.2 Å². The van der Waals surface area contributed by atoms with E-state index in [-0.39, 0.29) is 0 Å². The summed E-state index contributed by atoms with van der Waals surface area (Å²) < 4.78 is 0. The number of rotatable bonds is 6. The van der Waals surface area contributed by atoms with Gasteiger partial charge in [-0.2, -0.15) is 0 Å². The lowest BCUT2D eigenvalue weighted by atomic mass is 10.0. The summed E-state index contributed by atoms with van der Waals surface area (Å²) in [5.41, 5.74) is 5.34. The quantitative estimate of drug-likeness (QED) is 0.550. The lowest BCUT2D eigenvalue weighted by molar-refractivity contribution is 0.257. The molecule has 0 saturated heterocycles. The lowest BCUT2D eigenvalue weighted by Gasteiger charge is -2.07. The van der Waals surface area contributed by atoms with Crippen LogP contribution >= 0.6 is 0 Å². The number of unbranched alkanes of at least 4 members (excludes halogenated alkanes) is 1. The van der Waals surface area contributed by atoms with Crippen LogP contribution in [0.25, 0.3) is 0 Å². The number of hydrogen-bond donors (Lipinski definition) is 2. The zero-order valence-corrected chi connectivity index (χ0v) is 6.84. The first-order valence-corrected chi connectivity index (χ1v) is 4.12. The summed E-state index contributed by atoms with van der Waals surface area (Å²) in [5.74, 6) is 0.663. The van der Waals surface area contributed by atoms with Gasteiger partial charge in [-0.3, -0.25) is 0 Å². The average Bonchev–Trinajstić information content (AvgIpc) is 1.89. The van der Waals surface area contributed by atoms with Crippen molar-refractivity contribution in [1.82, 2.24) is 0 Å². The molecule has 0 aromatic heterocycles. The van der Waals surface area contributed by atoms with Crippen LogP contribution in [0.5, 0.6) is 0 Å². The van der Waals surface area contributed by atoms with Gasteiger partial charge in [0.25, 0.3) is 0 Å². The van der Waals surface area contributed by atoms with Crippen molar-refractivity contribution in [3.05, 3.63) is 0 Å². The molecule has 0 amide bonds. The van der Waals surface area contributed by atoms with Crippen molar-refractivity contribution in [2.45, 2.75) is 32.6 Å². The predicted octanol–water partition coefficient (Wildman–Crippen LogP) is 1.13. The zero-order valence-electron chi connectivity index (χ0n) is 6.84. The van der Waals surface area contributed by atoms with Crippen LogP contribution < -0.4 is 5.73 Å². The van der Waals surface area contributed by atoms with Gasteiger partial charge in [0.15, 0.2) is 0 Å². The summed E-state index contributed by atoms with van der Waals surface area (Å²) in [6.45, 7) is 3.29. The van der Waals surface area contributed by atoms with Crippen LogP contribution in [0, 0.1) is 5.92 Å². The molecule has 10 heavy (non-hydrogen) atoms. The van der Waals surface area contributed by atoms with E-state index in [0.29, 0.717) is 12.5 Å². The number of hydrogen-bond acceptors (Lipinski definition) is 2. The van der Waals surface area contributed by atoms with Crippen molar-refractivity contribution in [2.24, 2.45) is 11.7 Å². The van der Waals surface area contributed by atoms with Crippen molar-refractivity contribution in [3.8, 4) is 0 Å². The highest BCUT2D eigenvalue weighted by atomic mass is 16.2. The van der Waals surface area contributed by atoms with Gasteiger partial charge in [-0.25, -0.2) is 0 Å². The molecule has 0 aromatic carbocycles. The monoisotopic (exact) mass is 145 g/mol. The molecular weight excluding hydrogens is 126 g/mol. The Morgan fingerprint density at radius 3 is 2.50 bits per heavy atom. The van der Waals surface area contributed by atoms with E-state index >= 15 is 0 Å². The van der Waals surface area contributed by atoms with Gasteiger partial charge < -0.3 is 10.8 Å². The molecule has 0 spiro atoms. The summed E-state index contributed by atoms with van der Waals surface area (Å²) >= 11 is 0. The molecule has 3 N–H and O–H groups in total. The van der Waals surface area contributed by atoms with E-state index in [2.05, 4.69) is 6.92 Å². The van der Waals surface area contributed by atoms with Crippen molar-refractivity contribution < 1.29 is 5.11 Å². The van der Waals surface area contributed by atoms with Crippen LogP contribution in [-0.2, 0) is 0 Å². The van der Waals surface area contributed by atoms with Crippen LogP contribution in [0.4, 0.5) is 0 Å². The van der Waals surface area contributed by atoms with Crippen molar-refractivity contribution >= 4 is 0 Å². The minimum atomic E-state index is 0.323. The lowest BCUT2D eigenvalue weighted by Crippen LogP contribution is -2.01. The van der Waals surface area contributed by atoms with Crippen molar-refractivity contribution in [3.63, 3.8) is 0 Å². The number of aliphatic hydroxyl groups excluding tert-OH is 1. The second-order valence-electron chi connectivity index (χ2n) is 2.90. The predicted molar refractivity (Wildman–Crippen MR) is 43.8 cm³/mol. The fourth-order valence-corrected chi connectivity index (χ4v) is 1.00. The highest BCUT2D eigenvalue weighted by Crippen LogP contribution is 2.10. The molecule has 1 atom stereocenters. The maximum absolute atomic E-state index is 8.57. The van der Waals surface area contributed by atoms with E-state index in [1.807, 2.05) is 0 Å². The molecule has 0 radical (unpaired) electrons. The Labute approximate surface area is 63.4 Å². The summed E-state index contributed by atoms with van der Waals surface area (Å²) in [6, 6.07) is 0. The van der Waals surface area contributed by atoms with E-state index in [1.165, 1.54) is 12.8 Å². The second-order valence-corrected chi connectivity index (χ2v) is 2.90. The minimum absolute atomic E-state index is 0.323. The summed E-state index contributed by atoms with van der Waals surface area (Å²) in [4.78, 5) is 0. The third-order valence-electron chi connectivity index (χ3n) is 1.77. The molecule has 0 aliphatic heterocycles. The Hall–Kier alpha value is -0.0800. The maximum atomic E-state index is 8.57. The third-order valence-corrected chi connectivity index (χ3v) is 1.77. The van der Waals surface area contributed by atoms with E-state index in [4.69, 9.17) is 10.8 Å². The first-order chi connectivity index (χ1) is 4.81. The third kappa shape index (κ3) is 6.05. The van der Waals surface area contributed by atoms with Crippen LogP contribution in [-0.4, -0.2) is 18.3 Å². The molecule has 0 rings (SSSR count). The molecule has 2 heteroatoms. The Morgan fingerprint density at radius 2 is 2.00 bits per heavy atom. The standard InChI is InChI=1S/C8H19NO/c1-8(5-7-10)4-2-3-6-9/h8,10H,2-7,9H2,1H3.